The fraction of sp³-hybridized carbons (Fsp3) is 0.213. The molecular weight excluding hydrogens is 1000 g/mol. The first-order valence-corrected chi connectivity index (χ1v) is 30.4. The van der Waals surface area contributed by atoms with Gasteiger partial charge in [0.25, 0.3) is 0 Å². The molecule has 0 fully saturated rings. The van der Waals surface area contributed by atoms with E-state index in [1.54, 1.807) is 0 Å². The second kappa shape index (κ2) is 19.1. The van der Waals surface area contributed by atoms with Gasteiger partial charge >= 0.3 is 0 Å². The second-order valence-corrected chi connectivity index (χ2v) is 29.0. The molecule has 13 rings (SSSR count). The van der Waals surface area contributed by atoms with E-state index in [9.17, 15) is 2.74 Å². The molecule has 0 saturated carbocycles. The van der Waals surface area contributed by atoms with E-state index >= 15 is 0 Å². The van der Waals surface area contributed by atoms with Crippen LogP contribution in [-0.4, -0.2) is 19.7 Å². The van der Waals surface area contributed by atoms with Gasteiger partial charge < -0.3 is 14.5 Å². The smallest absolute Gasteiger partial charge is 0.185 e. The summed E-state index contributed by atoms with van der Waals surface area (Å²) in [5.74, 6) is 2.22. The summed E-state index contributed by atoms with van der Waals surface area (Å²) in [4.78, 5) is 12.1. The quantitative estimate of drug-likeness (QED) is 0.142. The van der Waals surface area contributed by atoms with Crippen molar-refractivity contribution in [2.24, 2.45) is 0 Å². The molecule has 0 amide bonds. The summed E-state index contributed by atoms with van der Waals surface area (Å²) in [6.07, 6.45) is 1.94. The minimum atomic E-state index is -2.92. The van der Waals surface area contributed by atoms with Gasteiger partial charge in [-0.15, -0.1) is 0 Å². The van der Waals surface area contributed by atoms with Crippen LogP contribution in [0.3, 0.4) is 0 Å². The molecule has 3 aliphatic rings. The van der Waals surface area contributed by atoms with Gasteiger partial charge in [-0.3, -0.25) is 4.90 Å². The van der Waals surface area contributed by atoms with E-state index in [1.807, 2.05) is 19.2 Å². The first kappa shape index (κ1) is 46.3. The minimum Gasteiger partial charge on any atom is -0.457 e. The zero-order valence-electron chi connectivity index (χ0n) is 53.6. The highest BCUT2D eigenvalue weighted by Gasteiger charge is 2.55. The Morgan fingerprint density at radius 3 is 1.77 bits per heavy atom. The van der Waals surface area contributed by atoms with Gasteiger partial charge in [-0.2, -0.15) is 0 Å². The van der Waals surface area contributed by atoms with Crippen LogP contribution < -0.4 is 40.2 Å². The van der Waals surface area contributed by atoms with Gasteiger partial charge in [-0.1, -0.05) is 202 Å². The predicted molar refractivity (Wildman–Crippen MR) is 345 cm³/mol. The van der Waals surface area contributed by atoms with Crippen LogP contribution in [0.5, 0.6) is 11.5 Å². The third kappa shape index (κ3) is 8.44. The van der Waals surface area contributed by atoms with Crippen molar-refractivity contribution in [3.05, 3.63) is 240 Å². The fourth-order valence-electron chi connectivity index (χ4n) is 13.0. The Balaban J connectivity index is 0.991. The Bertz CT molecular complexity index is 4380. The normalized spacial score (nSPS) is 16.2. The van der Waals surface area contributed by atoms with Gasteiger partial charge in [0.2, 0.25) is 0 Å². The molecular formula is C75H72N4OSi. The van der Waals surface area contributed by atoms with E-state index in [4.69, 9.17) is 13.8 Å². The molecule has 4 heterocycles. The van der Waals surface area contributed by atoms with Gasteiger partial charge in [0.1, 0.15) is 24.0 Å². The molecule has 81 heavy (non-hydrogen) atoms. The second-order valence-electron chi connectivity index (χ2n) is 25.4. The lowest BCUT2D eigenvalue weighted by atomic mass is 9.77. The molecule has 9 aromatic carbocycles. The average Bonchev–Trinajstić information content (AvgIpc) is 1.45. The van der Waals surface area contributed by atoms with Crippen LogP contribution in [0.1, 0.15) is 103 Å². The molecule has 0 N–H and O–H groups in total. The lowest BCUT2D eigenvalue weighted by Gasteiger charge is -2.43. The van der Waals surface area contributed by atoms with E-state index < -0.39 is 14.1 Å². The topological polar surface area (TPSA) is 31.8 Å². The Kier molecular flexibility index (Phi) is 10.9. The third-order valence-corrected chi connectivity index (χ3v) is 22.3. The molecule has 10 aromatic rings. The number of rotatable bonds is 8. The van der Waals surface area contributed by atoms with E-state index in [-0.39, 0.29) is 46.0 Å². The number of pyridine rings is 1. The minimum absolute atomic E-state index is 0.113. The van der Waals surface area contributed by atoms with Gasteiger partial charge in [-0.25, -0.2) is 4.98 Å². The van der Waals surface area contributed by atoms with Crippen LogP contribution in [0.25, 0.3) is 33.4 Å². The molecule has 1 aromatic heterocycles. The Hall–Kier alpha value is -8.45. The molecule has 6 heteroatoms. The maximum Gasteiger partial charge on any atom is 0.185 e. The van der Waals surface area contributed by atoms with E-state index in [0.29, 0.717) is 23.7 Å². The zero-order valence-corrected chi connectivity index (χ0v) is 49.6. The summed E-state index contributed by atoms with van der Waals surface area (Å²) in [7, 11) is -2.92. The number of hydrogen-bond acceptors (Lipinski definition) is 5. The van der Waals surface area contributed by atoms with Crippen molar-refractivity contribution in [2.45, 2.75) is 99.3 Å². The van der Waals surface area contributed by atoms with Gasteiger partial charge in [-0.05, 0) is 162 Å². The summed E-state index contributed by atoms with van der Waals surface area (Å²) in [6, 6.07) is 59.9. The maximum absolute atomic E-state index is 9.57. The molecule has 3 aliphatic heterocycles. The number of benzene rings is 9. The number of ether oxygens (including phenoxy) is 1. The Morgan fingerprint density at radius 2 is 1.09 bits per heavy atom. The molecule has 0 spiro atoms. The SMILES string of the molecule is [2H]c1c([2H])c([2H])c(-c2c(C)c(C)c(C)c(-c3cc(C(C)(C)C)cc(C(C)(C)C)c3)c2N2CN(c3cccc(Oc4cc5c6c(c4)N(c4cc(C(C)(C)C)ccn4)c4ccccc4[Si]6(c4ccccc4)c4ccccc4-5)c3)c3ccccc32)c([2H])c1[2H]. The van der Waals surface area contributed by atoms with Crippen LogP contribution in [0.4, 0.5) is 39.9 Å². The first-order valence-electron chi connectivity index (χ1n) is 30.9. The van der Waals surface area contributed by atoms with Gasteiger partial charge in [0.15, 0.2) is 8.07 Å². The first-order chi connectivity index (χ1) is 40.9. The molecule has 0 radical (unpaired) electrons. The monoisotopic (exact) mass is 1080 g/mol. The summed E-state index contributed by atoms with van der Waals surface area (Å²) in [6.45, 7) is 26.8. The third-order valence-electron chi connectivity index (χ3n) is 17.4. The highest BCUT2D eigenvalue weighted by Crippen LogP contribution is 2.54. The van der Waals surface area contributed by atoms with E-state index in [0.717, 1.165) is 73.3 Å². The number of fused-ring (bicyclic) bond motifs is 6. The number of nitrogens with zero attached hydrogens (tertiary/aromatic N) is 4. The highest BCUT2D eigenvalue weighted by molar-refractivity contribution is 7.23. The van der Waals surface area contributed by atoms with Crippen molar-refractivity contribution in [1.82, 2.24) is 4.98 Å². The standard InChI is InChI=1S/C75H72N4OSi/c1-48-49(2)69(51-26-15-13-16-27-51)71(70(50(48)3)52-40-54(74(7,8)9)42-55(41-52)75(10,11)12)78-47-77(62-33-20-21-34-63(62)78)56-28-25-29-57(44-56)80-58-45-61-60-32-19-23-36-66(60)81(59-30-17-14-18-31-59)67-37-24-22-35-64(67)79(65(46-58)72(61)81)68-43-53(38-39-76-68)73(4,5)6/h13-46H,47H2,1-12H3/i13D,15D,16D,26D,27D. The Morgan fingerprint density at radius 1 is 0.481 bits per heavy atom. The summed E-state index contributed by atoms with van der Waals surface area (Å²) in [5, 5.41) is 5.33. The van der Waals surface area contributed by atoms with Crippen LogP contribution in [0.2, 0.25) is 0 Å². The predicted octanol–water partition coefficient (Wildman–Crippen LogP) is 17.4. The molecule has 0 bridgehead atoms. The van der Waals surface area contributed by atoms with Crippen molar-refractivity contribution < 1.29 is 11.6 Å². The van der Waals surface area contributed by atoms with Crippen LogP contribution >= 0.6 is 0 Å². The average molecular weight is 1080 g/mol. The van der Waals surface area contributed by atoms with E-state index in [2.05, 4.69) is 255 Å². The van der Waals surface area contributed by atoms with E-state index in [1.165, 1.54) is 43.0 Å². The van der Waals surface area contributed by atoms with Crippen molar-refractivity contribution in [2.75, 3.05) is 21.4 Å². The zero-order chi connectivity index (χ0) is 60.7. The van der Waals surface area contributed by atoms with Gasteiger partial charge in [0.05, 0.1) is 29.6 Å². The molecule has 5 nitrogen and oxygen atoms in total. The number of aromatic nitrogens is 1. The maximum atomic E-state index is 9.57. The molecule has 0 aliphatic carbocycles. The largest absolute Gasteiger partial charge is 0.457 e. The van der Waals surface area contributed by atoms with Gasteiger partial charge in [0, 0.05) is 40.8 Å². The number of para-hydroxylation sites is 3. The van der Waals surface area contributed by atoms with Crippen molar-refractivity contribution in [1.29, 1.82) is 0 Å². The number of hydrogen-bond donors (Lipinski definition) is 0. The van der Waals surface area contributed by atoms with Crippen molar-refractivity contribution >= 4 is 68.8 Å². The summed E-state index contributed by atoms with van der Waals surface area (Å²) < 4.78 is 53.1. The van der Waals surface area contributed by atoms with Crippen LogP contribution in [-0.2, 0) is 16.2 Å². The van der Waals surface area contributed by atoms with Crippen molar-refractivity contribution in [3.63, 3.8) is 0 Å². The molecule has 402 valence electrons. The lowest BCUT2D eigenvalue weighted by molar-refractivity contribution is 0.483. The lowest BCUT2D eigenvalue weighted by Crippen LogP contribution is -2.75. The fourth-order valence-corrected chi connectivity index (χ4v) is 18.5. The molecule has 1 atom stereocenters. The number of anilines is 7. The van der Waals surface area contributed by atoms with Crippen LogP contribution in [0, 0.1) is 20.8 Å². The summed E-state index contributed by atoms with van der Waals surface area (Å²) >= 11 is 0. The molecule has 0 saturated heterocycles. The highest BCUT2D eigenvalue weighted by atomic mass is 28.3. The van der Waals surface area contributed by atoms with Crippen molar-refractivity contribution in [3.8, 4) is 44.9 Å². The molecule has 1 unspecified atom stereocenters. The van der Waals surface area contributed by atoms with Crippen LogP contribution in [0.15, 0.2) is 206 Å². The summed E-state index contributed by atoms with van der Waals surface area (Å²) in [5.41, 5.74) is 16.8. The Labute approximate surface area is 488 Å².